The van der Waals surface area contributed by atoms with Crippen molar-refractivity contribution in [2.45, 2.75) is 24.1 Å². The van der Waals surface area contributed by atoms with Gasteiger partial charge >= 0.3 is 0 Å². The quantitative estimate of drug-likeness (QED) is 0.630. The summed E-state index contributed by atoms with van der Waals surface area (Å²) in [4.78, 5) is 16.1. The lowest BCUT2D eigenvalue weighted by Gasteiger charge is -2.06. The van der Waals surface area contributed by atoms with Crippen LogP contribution in [-0.4, -0.2) is 21.0 Å². The van der Waals surface area contributed by atoms with Crippen molar-refractivity contribution in [3.05, 3.63) is 29.8 Å². The van der Waals surface area contributed by atoms with Gasteiger partial charge in [0.25, 0.3) is 0 Å². The second-order valence-electron chi connectivity index (χ2n) is 4.22. The van der Waals surface area contributed by atoms with Crippen molar-refractivity contribution in [2.75, 3.05) is 16.8 Å². The van der Waals surface area contributed by atoms with E-state index in [0.717, 1.165) is 16.6 Å². The smallest absolute Gasteiger partial charge is 0.225 e. The summed E-state index contributed by atoms with van der Waals surface area (Å²) in [5.41, 5.74) is 6.07. The molecule has 2 aromatic rings. The second kappa shape index (κ2) is 7.37. The van der Waals surface area contributed by atoms with Gasteiger partial charge in [-0.25, -0.2) is 9.37 Å². The fraction of sp³-hybridized carbons (Fsp3) is 0.308. The third-order valence-electron chi connectivity index (χ3n) is 2.58. The molecule has 0 spiro atoms. The SMILES string of the molecule is CCc1nsc(SCCC(=O)Nc2cc(N)ccc2F)n1. The molecule has 2 rings (SSSR count). The molecule has 0 aliphatic carbocycles. The Morgan fingerprint density at radius 3 is 3.05 bits per heavy atom. The highest BCUT2D eigenvalue weighted by Gasteiger charge is 2.09. The van der Waals surface area contributed by atoms with Gasteiger partial charge in [-0.05, 0) is 29.7 Å². The third kappa shape index (κ3) is 4.68. The number of carbonyl (C=O) groups is 1. The van der Waals surface area contributed by atoms with Crippen molar-refractivity contribution < 1.29 is 9.18 Å². The first-order chi connectivity index (χ1) is 10.1. The molecule has 112 valence electrons. The van der Waals surface area contributed by atoms with E-state index in [1.54, 1.807) is 0 Å². The summed E-state index contributed by atoms with van der Waals surface area (Å²) in [5.74, 6) is 0.622. The molecule has 0 radical (unpaired) electrons. The zero-order valence-corrected chi connectivity index (χ0v) is 13.1. The van der Waals surface area contributed by atoms with Gasteiger partial charge < -0.3 is 11.1 Å². The van der Waals surface area contributed by atoms with Gasteiger partial charge in [-0.1, -0.05) is 18.7 Å². The molecule has 5 nitrogen and oxygen atoms in total. The minimum Gasteiger partial charge on any atom is -0.399 e. The number of hydrogen-bond acceptors (Lipinski definition) is 6. The van der Waals surface area contributed by atoms with E-state index in [1.807, 2.05) is 6.92 Å². The zero-order valence-electron chi connectivity index (χ0n) is 11.4. The molecule has 1 aromatic heterocycles. The van der Waals surface area contributed by atoms with E-state index in [9.17, 15) is 9.18 Å². The molecule has 3 N–H and O–H groups in total. The van der Waals surface area contributed by atoms with Crippen LogP contribution in [0.5, 0.6) is 0 Å². The molecular formula is C13H15FN4OS2. The van der Waals surface area contributed by atoms with Gasteiger partial charge in [0, 0.05) is 24.3 Å². The van der Waals surface area contributed by atoms with Crippen LogP contribution in [0.1, 0.15) is 19.2 Å². The van der Waals surface area contributed by atoms with Gasteiger partial charge in [-0.3, -0.25) is 4.79 Å². The minimum atomic E-state index is -0.498. The Balaban J connectivity index is 1.80. The van der Waals surface area contributed by atoms with Crippen molar-refractivity contribution in [2.24, 2.45) is 0 Å². The van der Waals surface area contributed by atoms with Gasteiger partial charge in [-0.15, -0.1) is 0 Å². The minimum absolute atomic E-state index is 0.106. The van der Waals surface area contributed by atoms with Gasteiger partial charge in [0.2, 0.25) is 5.91 Å². The first-order valence-corrected chi connectivity index (χ1v) is 8.14. The van der Waals surface area contributed by atoms with Crippen molar-refractivity contribution in [1.82, 2.24) is 9.36 Å². The average Bonchev–Trinajstić information content (AvgIpc) is 2.91. The van der Waals surface area contributed by atoms with Crippen LogP contribution in [0.4, 0.5) is 15.8 Å². The van der Waals surface area contributed by atoms with E-state index < -0.39 is 5.82 Å². The summed E-state index contributed by atoms with van der Waals surface area (Å²) in [6, 6.07) is 4.08. The number of hydrogen-bond donors (Lipinski definition) is 2. The summed E-state index contributed by atoms with van der Waals surface area (Å²) >= 11 is 2.80. The Morgan fingerprint density at radius 1 is 1.52 bits per heavy atom. The van der Waals surface area contributed by atoms with Crippen LogP contribution in [0.15, 0.2) is 22.5 Å². The summed E-state index contributed by atoms with van der Waals surface area (Å²) in [7, 11) is 0. The number of benzene rings is 1. The number of nitrogens with one attached hydrogen (secondary N) is 1. The monoisotopic (exact) mass is 326 g/mol. The average molecular weight is 326 g/mol. The number of aromatic nitrogens is 2. The molecule has 1 heterocycles. The molecule has 0 aliphatic heterocycles. The molecule has 1 amide bonds. The maximum Gasteiger partial charge on any atom is 0.225 e. The maximum atomic E-state index is 13.5. The standard InChI is InChI=1S/C13H15FN4OS2/c1-2-11-17-13(21-18-11)20-6-5-12(19)16-10-7-8(15)3-4-9(10)14/h3-4,7H,2,5-6,15H2,1H3,(H,16,19). The molecule has 8 heteroatoms. The van der Waals surface area contributed by atoms with Gasteiger partial charge in [-0.2, -0.15) is 4.37 Å². The molecule has 0 atom stereocenters. The number of rotatable bonds is 6. The highest BCUT2D eigenvalue weighted by Crippen LogP contribution is 2.22. The number of anilines is 2. The number of halogens is 1. The number of carbonyl (C=O) groups excluding carboxylic acids is 1. The molecular weight excluding hydrogens is 311 g/mol. The molecule has 21 heavy (non-hydrogen) atoms. The fourth-order valence-electron chi connectivity index (χ4n) is 1.52. The number of nitrogens with zero attached hydrogens (tertiary/aromatic N) is 2. The highest BCUT2D eigenvalue weighted by atomic mass is 32.2. The van der Waals surface area contributed by atoms with Crippen LogP contribution in [0.2, 0.25) is 0 Å². The van der Waals surface area contributed by atoms with Crippen molar-refractivity contribution in [3.63, 3.8) is 0 Å². The molecule has 0 aliphatic rings. The van der Waals surface area contributed by atoms with E-state index >= 15 is 0 Å². The van der Waals surface area contributed by atoms with Crippen LogP contribution in [0.25, 0.3) is 0 Å². The summed E-state index contributed by atoms with van der Waals surface area (Å²) in [6.07, 6.45) is 1.06. The highest BCUT2D eigenvalue weighted by molar-refractivity contribution is 8.00. The topological polar surface area (TPSA) is 80.9 Å². The number of amides is 1. The van der Waals surface area contributed by atoms with Crippen LogP contribution in [0, 0.1) is 5.82 Å². The van der Waals surface area contributed by atoms with E-state index in [0.29, 0.717) is 11.4 Å². The van der Waals surface area contributed by atoms with E-state index in [2.05, 4.69) is 14.7 Å². The summed E-state index contributed by atoms with van der Waals surface area (Å²) in [6.45, 7) is 1.99. The Bertz CT molecular complexity index is 632. The van der Waals surface area contributed by atoms with Gasteiger partial charge in [0.15, 0.2) is 4.34 Å². The Labute approximate surface area is 130 Å². The number of thioether (sulfide) groups is 1. The zero-order chi connectivity index (χ0) is 15.2. The van der Waals surface area contributed by atoms with Gasteiger partial charge in [0.05, 0.1) is 5.69 Å². The Kier molecular flexibility index (Phi) is 5.51. The molecule has 0 saturated carbocycles. The van der Waals surface area contributed by atoms with Crippen LogP contribution >= 0.6 is 23.3 Å². The van der Waals surface area contributed by atoms with Crippen molar-refractivity contribution in [3.8, 4) is 0 Å². The molecule has 0 saturated heterocycles. The van der Waals surface area contributed by atoms with Crippen molar-refractivity contribution in [1.29, 1.82) is 0 Å². The van der Waals surface area contributed by atoms with E-state index in [4.69, 9.17) is 5.73 Å². The number of nitrogens with two attached hydrogens (primary N) is 1. The largest absolute Gasteiger partial charge is 0.399 e. The van der Waals surface area contributed by atoms with Crippen molar-refractivity contribution >= 4 is 40.6 Å². The predicted octanol–water partition coefficient (Wildman–Crippen LogP) is 2.94. The molecule has 0 unspecified atom stereocenters. The Hall–Kier alpha value is -1.67. The third-order valence-corrected chi connectivity index (χ3v) is 4.46. The maximum absolute atomic E-state index is 13.5. The lowest BCUT2D eigenvalue weighted by Crippen LogP contribution is -2.13. The summed E-state index contributed by atoms with van der Waals surface area (Å²) in [5, 5.41) is 2.51. The first kappa shape index (κ1) is 15.7. The Morgan fingerprint density at radius 2 is 2.33 bits per heavy atom. The molecule has 1 aromatic carbocycles. The fourth-order valence-corrected chi connectivity index (χ4v) is 3.23. The normalized spacial score (nSPS) is 10.6. The predicted molar refractivity (Wildman–Crippen MR) is 84.1 cm³/mol. The van der Waals surface area contributed by atoms with Crippen LogP contribution < -0.4 is 11.1 Å². The van der Waals surface area contributed by atoms with Crippen LogP contribution in [0.3, 0.4) is 0 Å². The lowest BCUT2D eigenvalue weighted by atomic mass is 10.2. The van der Waals surface area contributed by atoms with E-state index in [-0.39, 0.29) is 18.0 Å². The van der Waals surface area contributed by atoms with Gasteiger partial charge in [0.1, 0.15) is 11.6 Å². The first-order valence-electron chi connectivity index (χ1n) is 6.38. The van der Waals surface area contributed by atoms with Crippen LogP contribution in [-0.2, 0) is 11.2 Å². The lowest BCUT2D eigenvalue weighted by molar-refractivity contribution is -0.115. The van der Waals surface area contributed by atoms with E-state index in [1.165, 1.54) is 41.5 Å². The summed E-state index contributed by atoms with van der Waals surface area (Å²) < 4.78 is 18.5. The second-order valence-corrected chi connectivity index (χ2v) is 6.31. The number of nitrogen functional groups attached to an aromatic ring is 1. The molecule has 0 fully saturated rings. The molecule has 0 bridgehead atoms. The number of aryl methyl sites for hydroxylation is 1.